The van der Waals surface area contributed by atoms with Crippen LogP contribution in [0.5, 0.6) is 0 Å². The lowest BCUT2D eigenvalue weighted by Gasteiger charge is -2.47. The lowest BCUT2D eigenvalue weighted by atomic mass is 9.61. The van der Waals surface area contributed by atoms with Gasteiger partial charge in [0.25, 0.3) is 10.0 Å². The number of hydrogen-bond donors (Lipinski definition) is 1. The maximum Gasteiger partial charge on any atom is 0.311 e. The van der Waals surface area contributed by atoms with E-state index in [2.05, 4.69) is 15.4 Å². The van der Waals surface area contributed by atoms with E-state index in [0.717, 1.165) is 43.5 Å². The molecule has 3 aliphatic rings. The van der Waals surface area contributed by atoms with Crippen LogP contribution < -0.4 is 5.32 Å². The minimum Gasteiger partial charge on any atom is -0.469 e. The average molecular weight is 689 g/mol. The number of aromatic nitrogens is 4. The number of carbonyl (C=O) groups excluding carboxylic acids is 1. The molecule has 3 saturated carbocycles. The van der Waals surface area contributed by atoms with Gasteiger partial charge in [0.15, 0.2) is 17.5 Å². The zero-order chi connectivity index (χ0) is 34.8. The van der Waals surface area contributed by atoms with Crippen LogP contribution in [0.3, 0.4) is 0 Å². The summed E-state index contributed by atoms with van der Waals surface area (Å²) in [6.07, 6.45) is 7.18. The monoisotopic (exact) mass is 688 g/mol. The molecule has 8 rings (SSSR count). The molecule has 5 aromatic rings. The Morgan fingerprint density at radius 3 is 2.39 bits per heavy atom. The van der Waals surface area contributed by atoms with Crippen LogP contribution in [-0.2, 0) is 26.6 Å². The summed E-state index contributed by atoms with van der Waals surface area (Å²) >= 11 is 0. The highest BCUT2D eigenvalue weighted by Gasteiger charge is 2.48. The van der Waals surface area contributed by atoms with Crippen LogP contribution in [-0.4, -0.2) is 46.3 Å². The molecule has 0 aliphatic heterocycles. The number of anilines is 1. The van der Waals surface area contributed by atoms with E-state index in [0.29, 0.717) is 10.0 Å². The number of carbonyl (C=O) groups is 1. The number of benzene rings is 2. The van der Waals surface area contributed by atoms with Gasteiger partial charge in [-0.15, -0.1) is 0 Å². The zero-order valence-electron chi connectivity index (χ0n) is 26.7. The van der Waals surface area contributed by atoms with Gasteiger partial charge < -0.3 is 10.1 Å². The third kappa shape index (κ3) is 5.32. The van der Waals surface area contributed by atoms with Crippen molar-refractivity contribution >= 4 is 32.7 Å². The van der Waals surface area contributed by atoms with E-state index >= 15 is 8.78 Å². The molecule has 1 N–H and O–H groups in total. The van der Waals surface area contributed by atoms with Crippen molar-refractivity contribution in [3.63, 3.8) is 0 Å². The van der Waals surface area contributed by atoms with Gasteiger partial charge in [-0.1, -0.05) is 17.7 Å². The maximum absolute atomic E-state index is 16.8. The first-order valence-corrected chi connectivity index (χ1v) is 17.2. The average Bonchev–Trinajstić information content (AvgIpc) is 3.69. The third-order valence-corrected chi connectivity index (χ3v) is 11.5. The number of rotatable bonds is 7. The Morgan fingerprint density at radius 1 is 1.06 bits per heavy atom. The summed E-state index contributed by atoms with van der Waals surface area (Å²) in [5.74, 6) is -4.35. The van der Waals surface area contributed by atoms with Gasteiger partial charge >= 0.3 is 5.97 Å². The summed E-state index contributed by atoms with van der Waals surface area (Å²) in [5, 5.41) is 17.6. The Hall–Kier alpha value is -5.16. The first-order valence-electron chi connectivity index (χ1n) is 15.7. The second-order valence-corrected chi connectivity index (χ2v) is 14.5. The number of aryl methyl sites for hydroxylation is 2. The molecule has 3 aliphatic carbocycles. The number of esters is 1. The van der Waals surface area contributed by atoms with E-state index in [1.165, 1.54) is 36.3 Å². The molecule has 0 saturated heterocycles. The molecule has 49 heavy (non-hydrogen) atoms. The minimum absolute atomic E-state index is 0.000919. The second kappa shape index (κ2) is 12.1. The smallest absolute Gasteiger partial charge is 0.311 e. The molecule has 2 aromatic carbocycles. The Morgan fingerprint density at radius 2 is 1.76 bits per heavy atom. The van der Waals surface area contributed by atoms with Crippen molar-refractivity contribution in [1.29, 1.82) is 5.26 Å². The van der Waals surface area contributed by atoms with Gasteiger partial charge in [-0.2, -0.15) is 10.4 Å². The van der Waals surface area contributed by atoms with Gasteiger partial charge in [0, 0.05) is 53.6 Å². The van der Waals surface area contributed by atoms with E-state index in [-0.39, 0.29) is 55.9 Å². The highest BCUT2D eigenvalue weighted by Crippen LogP contribution is 2.48. The molecular formula is C35H31F3N6O4S. The van der Waals surface area contributed by atoms with Crippen molar-refractivity contribution in [1.82, 2.24) is 18.7 Å². The first-order chi connectivity index (χ1) is 23.4. The standard InChI is InChI=1S/C35H31F3N6O4S/c1-18-4-10-23(11-5-18)49(46,47)44-17-26(24-12-22(36)13-27(37)33(24)44)32-25(14-39)28(21-15-40-43(2)16-21)30(38)34(42-32)41-31-20-8-6-19(7-9-20)29(31)35(45)48-3/h4-5,10-13,15-17,19-20,29,31H,6-9H2,1-3H3,(H,41,42)/t19?,20?,29-,31-/m0/s1. The molecule has 0 amide bonds. The van der Waals surface area contributed by atoms with E-state index < -0.39 is 50.9 Å². The van der Waals surface area contributed by atoms with E-state index in [4.69, 9.17) is 4.74 Å². The highest BCUT2D eigenvalue weighted by atomic mass is 32.2. The molecule has 2 atom stereocenters. The fourth-order valence-corrected chi connectivity index (χ4v) is 8.90. The summed E-state index contributed by atoms with van der Waals surface area (Å²) in [7, 11) is -1.54. The molecule has 10 nitrogen and oxygen atoms in total. The van der Waals surface area contributed by atoms with Crippen LogP contribution in [0.2, 0.25) is 0 Å². The Bertz CT molecular complexity index is 2290. The lowest BCUT2D eigenvalue weighted by molar-refractivity contribution is -0.152. The topological polar surface area (TPSA) is 132 Å². The fraction of sp³-hybridized carbons (Fsp3) is 0.314. The highest BCUT2D eigenvalue weighted by molar-refractivity contribution is 7.90. The van der Waals surface area contributed by atoms with Crippen LogP contribution in [0, 0.1) is 53.5 Å². The summed E-state index contributed by atoms with van der Waals surface area (Å²) in [6.45, 7) is 1.78. The zero-order valence-corrected chi connectivity index (χ0v) is 27.6. The maximum atomic E-state index is 16.8. The Labute approximate surface area is 280 Å². The Balaban J connectivity index is 1.50. The normalized spacial score (nSPS) is 20.3. The predicted molar refractivity (Wildman–Crippen MR) is 174 cm³/mol. The molecule has 3 fully saturated rings. The quantitative estimate of drug-likeness (QED) is 0.196. The van der Waals surface area contributed by atoms with Crippen molar-refractivity contribution in [3.05, 3.63) is 83.6 Å². The number of halogens is 3. The molecule has 0 unspecified atom stereocenters. The number of hydrogen-bond acceptors (Lipinski definition) is 8. The van der Waals surface area contributed by atoms with Gasteiger partial charge in [0.1, 0.15) is 17.4 Å². The van der Waals surface area contributed by atoms with Crippen molar-refractivity contribution in [2.45, 2.75) is 43.5 Å². The molecular weight excluding hydrogens is 657 g/mol. The Kier molecular flexibility index (Phi) is 7.98. The van der Waals surface area contributed by atoms with Gasteiger partial charge in [0.2, 0.25) is 0 Å². The van der Waals surface area contributed by atoms with Crippen LogP contribution in [0.15, 0.2) is 59.9 Å². The fourth-order valence-electron chi connectivity index (χ4n) is 7.52. The number of nitrogens with one attached hydrogen (secondary N) is 1. The van der Waals surface area contributed by atoms with Crippen LogP contribution in [0.4, 0.5) is 19.0 Å². The summed E-state index contributed by atoms with van der Waals surface area (Å²) in [6, 6.07) is 8.87. The van der Waals surface area contributed by atoms with Crippen LogP contribution in [0.1, 0.15) is 36.8 Å². The van der Waals surface area contributed by atoms with Gasteiger partial charge in [-0.05, 0) is 62.6 Å². The molecule has 0 spiro atoms. The first kappa shape index (κ1) is 32.4. The van der Waals surface area contributed by atoms with E-state index in [1.807, 2.05) is 6.07 Å². The molecule has 3 heterocycles. The van der Waals surface area contributed by atoms with Gasteiger partial charge in [-0.3, -0.25) is 9.48 Å². The summed E-state index contributed by atoms with van der Waals surface area (Å²) in [5.41, 5.74) is -0.300. The van der Waals surface area contributed by atoms with Crippen LogP contribution >= 0.6 is 0 Å². The summed E-state index contributed by atoms with van der Waals surface area (Å²) in [4.78, 5) is 17.4. The van der Waals surface area contributed by atoms with Gasteiger partial charge in [0.05, 0.1) is 35.4 Å². The van der Waals surface area contributed by atoms with E-state index in [1.54, 1.807) is 26.1 Å². The number of ether oxygens (including phenoxy) is 1. The number of nitrogens with zero attached hydrogens (tertiary/aromatic N) is 5. The lowest BCUT2D eigenvalue weighted by Crippen LogP contribution is -2.52. The van der Waals surface area contributed by atoms with Crippen molar-refractivity contribution in [2.75, 3.05) is 12.4 Å². The van der Waals surface area contributed by atoms with Crippen molar-refractivity contribution in [3.8, 4) is 28.5 Å². The number of pyridine rings is 1. The molecule has 0 radical (unpaired) electrons. The van der Waals surface area contributed by atoms with Gasteiger partial charge in [-0.25, -0.2) is 30.5 Å². The molecule has 252 valence electrons. The molecule has 14 heteroatoms. The van der Waals surface area contributed by atoms with E-state index in [9.17, 15) is 22.9 Å². The van der Waals surface area contributed by atoms with Crippen LogP contribution in [0.25, 0.3) is 33.3 Å². The largest absolute Gasteiger partial charge is 0.469 e. The predicted octanol–water partition coefficient (Wildman–Crippen LogP) is 6.33. The number of nitriles is 1. The summed E-state index contributed by atoms with van der Waals surface area (Å²) < 4.78 is 82.4. The minimum atomic E-state index is -4.46. The van der Waals surface area contributed by atoms with Crippen molar-refractivity contribution in [2.24, 2.45) is 24.8 Å². The molecule has 3 aromatic heterocycles. The third-order valence-electron chi connectivity index (χ3n) is 9.86. The second-order valence-electron chi connectivity index (χ2n) is 12.7. The number of methoxy groups -OCH3 is 1. The SMILES string of the molecule is COC(=O)[C@H]1C2CCC(CC2)[C@@H]1Nc1nc(-c2cn(S(=O)(=O)c3ccc(C)cc3)c3c(F)cc(F)cc23)c(C#N)c(-c2cnn(C)c2)c1F. The molecule has 2 bridgehead atoms. The number of fused-ring (bicyclic) bond motifs is 4. The van der Waals surface area contributed by atoms with Crippen molar-refractivity contribution < 1.29 is 31.1 Å².